The fourth-order valence-corrected chi connectivity index (χ4v) is 4.82. The second-order valence-electron chi connectivity index (χ2n) is 3.94. The highest BCUT2D eigenvalue weighted by Gasteiger charge is 2.16. The van der Waals surface area contributed by atoms with Crippen LogP contribution in [0.4, 0.5) is 5.69 Å². The third kappa shape index (κ3) is 2.54. The van der Waals surface area contributed by atoms with Gasteiger partial charge in [0.05, 0.1) is 3.79 Å². The van der Waals surface area contributed by atoms with Crippen LogP contribution >= 0.6 is 27.3 Å². The molecule has 98 valence electrons. The SMILES string of the molecule is O=S(=O)(Nc1ccc2[nH]ccc2c1)c1ccc(Br)s1. The van der Waals surface area contributed by atoms with Crippen LogP contribution < -0.4 is 4.72 Å². The van der Waals surface area contributed by atoms with Crippen molar-refractivity contribution in [1.29, 1.82) is 0 Å². The summed E-state index contributed by atoms with van der Waals surface area (Å²) in [7, 11) is -3.52. The summed E-state index contributed by atoms with van der Waals surface area (Å²) in [6.07, 6.45) is 1.82. The van der Waals surface area contributed by atoms with Gasteiger partial charge in [0, 0.05) is 22.8 Å². The lowest BCUT2D eigenvalue weighted by molar-refractivity contribution is 0.603. The van der Waals surface area contributed by atoms with Crippen LogP contribution in [0.15, 0.2) is 50.6 Å². The Morgan fingerprint density at radius 1 is 1.16 bits per heavy atom. The van der Waals surface area contributed by atoms with Gasteiger partial charge in [-0.05, 0) is 52.3 Å². The lowest BCUT2D eigenvalue weighted by atomic mass is 10.2. The zero-order valence-corrected chi connectivity index (χ0v) is 12.8. The van der Waals surface area contributed by atoms with Crippen molar-refractivity contribution < 1.29 is 8.42 Å². The molecule has 0 aliphatic rings. The Morgan fingerprint density at radius 2 is 2.00 bits per heavy atom. The van der Waals surface area contributed by atoms with Gasteiger partial charge in [0.25, 0.3) is 10.0 Å². The maximum atomic E-state index is 12.2. The summed E-state index contributed by atoms with van der Waals surface area (Å²) in [4.78, 5) is 3.06. The number of halogens is 1. The molecule has 0 saturated heterocycles. The predicted molar refractivity (Wildman–Crippen MR) is 81.1 cm³/mol. The Morgan fingerprint density at radius 3 is 2.74 bits per heavy atom. The van der Waals surface area contributed by atoms with E-state index in [1.807, 2.05) is 18.3 Å². The molecular weight excluding hydrogens is 348 g/mol. The third-order valence-corrected chi connectivity index (χ3v) is 6.12. The number of hydrogen-bond acceptors (Lipinski definition) is 3. The second-order valence-corrected chi connectivity index (χ2v) is 8.32. The van der Waals surface area contributed by atoms with E-state index in [0.29, 0.717) is 5.69 Å². The van der Waals surface area contributed by atoms with Gasteiger partial charge in [-0.3, -0.25) is 4.72 Å². The minimum absolute atomic E-state index is 0.286. The van der Waals surface area contributed by atoms with E-state index in [4.69, 9.17) is 0 Å². The molecule has 2 aromatic heterocycles. The van der Waals surface area contributed by atoms with Crippen molar-refractivity contribution >= 4 is 53.9 Å². The molecule has 0 fully saturated rings. The van der Waals surface area contributed by atoms with E-state index < -0.39 is 10.0 Å². The van der Waals surface area contributed by atoms with E-state index in [9.17, 15) is 8.42 Å². The number of thiophene rings is 1. The topological polar surface area (TPSA) is 62.0 Å². The molecule has 0 amide bonds. The number of fused-ring (bicyclic) bond motifs is 1. The molecule has 1 aromatic carbocycles. The lowest BCUT2D eigenvalue weighted by Gasteiger charge is -2.06. The molecule has 0 unspecified atom stereocenters. The van der Waals surface area contributed by atoms with Gasteiger partial charge in [0.1, 0.15) is 4.21 Å². The van der Waals surface area contributed by atoms with Crippen LogP contribution in [-0.2, 0) is 10.0 Å². The first-order chi connectivity index (χ1) is 9.04. The average Bonchev–Trinajstić information content (AvgIpc) is 2.96. The number of hydrogen-bond donors (Lipinski definition) is 2. The number of sulfonamides is 1. The minimum Gasteiger partial charge on any atom is -0.361 e. The quantitative estimate of drug-likeness (QED) is 0.749. The number of rotatable bonds is 3. The van der Waals surface area contributed by atoms with E-state index in [1.165, 1.54) is 11.3 Å². The van der Waals surface area contributed by atoms with Gasteiger partial charge in [-0.1, -0.05) is 0 Å². The molecule has 19 heavy (non-hydrogen) atoms. The van der Waals surface area contributed by atoms with Gasteiger partial charge in [-0.15, -0.1) is 11.3 Å². The second kappa shape index (κ2) is 4.66. The predicted octanol–water partition coefficient (Wildman–Crippen LogP) is 3.79. The molecule has 2 heterocycles. The normalized spacial score (nSPS) is 11.8. The molecule has 0 spiro atoms. The fourth-order valence-electron chi connectivity index (χ4n) is 1.76. The Bertz CT molecular complexity index is 836. The van der Waals surface area contributed by atoms with Crippen molar-refractivity contribution in [2.45, 2.75) is 4.21 Å². The van der Waals surface area contributed by atoms with Crippen molar-refractivity contribution in [2.75, 3.05) is 4.72 Å². The van der Waals surface area contributed by atoms with Gasteiger partial charge in [0.15, 0.2) is 0 Å². The first-order valence-electron chi connectivity index (χ1n) is 5.40. The highest BCUT2D eigenvalue weighted by molar-refractivity contribution is 9.11. The largest absolute Gasteiger partial charge is 0.361 e. The first-order valence-corrected chi connectivity index (χ1v) is 8.49. The number of anilines is 1. The number of H-pyrrole nitrogens is 1. The monoisotopic (exact) mass is 356 g/mol. The van der Waals surface area contributed by atoms with E-state index >= 15 is 0 Å². The molecular formula is C12H9BrN2O2S2. The van der Waals surface area contributed by atoms with Gasteiger partial charge >= 0.3 is 0 Å². The van der Waals surface area contributed by atoms with Crippen LogP contribution in [-0.4, -0.2) is 13.4 Å². The number of nitrogens with one attached hydrogen (secondary N) is 2. The molecule has 0 aliphatic heterocycles. The van der Waals surface area contributed by atoms with E-state index in [1.54, 1.807) is 24.3 Å². The first kappa shape index (κ1) is 12.7. The van der Waals surface area contributed by atoms with Crippen LogP contribution in [0.5, 0.6) is 0 Å². The Balaban J connectivity index is 1.95. The number of benzene rings is 1. The molecule has 0 radical (unpaired) electrons. The van der Waals surface area contributed by atoms with E-state index in [0.717, 1.165) is 14.7 Å². The number of aromatic nitrogens is 1. The van der Waals surface area contributed by atoms with Crippen molar-refractivity contribution in [1.82, 2.24) is 4.98 Å². The van der Waals surface area contributed by atoms with Gasteiger partial charge in [-0.2, -0.15) is 0 Å². The molecule has 7 heteroatoms. The number of aromatic amines is 1. The Kier molecular flexibility index (Phi) is 3.12. The molecule has 4 nitrogen and oxygen atoms in total. The Hall–Kier alpha value is -1.31. The van der Waals surface area contributed by atoms with Crippen molar-refractivity contribution in [3.05, 3.63) is 46.4 Å². The molecule has 0 bridgehead atoms. The summed E-state index contributed by atoms with van der Waals surface area (Å²) < 4.78 is 28.0. The molecule has 3 aromatic rings. The fraction of sp³-hybridized carbons (Fsp3) is 0. The zero-order chi connectivity index (χ0) is 13.5. The minimum atomic E-state index is -3.52. The van der Waals surface area contributed by atoms with Crippen LogP contribution in [0, 0.1) is 0 Å². The molecule has 0 saturated carbocycles. The lowest BCUT2D eigenvalue weighted by Crippen LogP contribution is -2.11. The van der Waals surface area contributed by atoms with Gasteiger partial charge in [0.2, 0.25) is 0 Å². The van der Waals surface area contributed by atoms with Crippen molar-refractivity contribution in [2.24, 2.45) is 0 Å². The maximum Gasteiger partial charge on any atom is 0.271 e. The van der Waals surface area contributed by atoms with E-state index in [2.05, 4.69) is 25.6 Å². The molecule has 2 N–H and O–H groups in total. The van der Waals surface area contributed by atoms with Gasteiger partial charge < -0.3 is 4.98 Å². The summed E-state index contributed by atoms with van der Waals surface area (Å²) in [5.41, 5.74) is 1.53. The Labute approximate surface area is 122 Å². The summed E-state index contributed by atoms with van der Waals surface area (Å²) in [5.74, 6) is 0. The van der Waals surface area contributed by atoms with Crippen LogP contribution in [0.2, 0.25) is 0 Å². The zero-order valence-electron chi connectivity index (χ0n) is 9.55. The third-order valence-electron chi connectivity index (χ3n) is 2.62. The van der Waals surface area contributed by atoms with Crippen LogP contribution in [0.1, 0.15) is 0 Å². The van der Waals surface area contributed by atoms with Crippen molar-refractivity contribution in [3.63, 3.8) is 0 Å². The summed E-state index contributed by atoms with van der Waals surface area (Å²) >= 11 is 4.44. The van der Waals surface area contributed by atoms with Crippen LogP contribution in [0.25, 0.3) is 10.9 Å². The molecule has 3 rings (SSSR count). The summed E-state index contributed by atoms with van der Waals surface area (Å²) in [6, 6.07) is 10.6. The van der Waals surface area contributed by atoms with Crippen molar-refractivity contribution in [3.8, 4) is 0 Å². The highest BCUT2D eigenvalue weighted by atomic mass is 79.9. The smallest absolute Gasteiger partial charge is 0.271 e. The standard InChI is InChI=1S/C12H9BrN2O2S2/c13-11-3-4-12(18-11)19(16,17)15-9-1-2-10-8(7-9)5-6-14-10/h1-7,14-15H. The summed E-state index contributed by atoms with van der Waals surface area (Å²) in [5, 5.41) is 0.965. The summed E-state index contributed by atoms with van der Waals surface area (Å²) in [6.45, 7) is 0. The maximum absolute atomic E-state index is 12.2. The molecule has 0 atom stereocenters. The van der Waals surface area contributed by atoms with E-state index in [-0.39, 0.29) is 4.21 Å². The van der Waals surface area contributed by atoms with Crippen LogP contribution in [0.3, 0.4) is 0 Å². The average molecular weight is 357 g/mol. The van der Waals surface area contributed by atoms with Gasteiger partial charge in [-0.25, -0.2) is 8.42 Å². The molecule has 0 aliphatic carbocycles. The highest BCUT2D eigenvalue weighted by Crippen LogP contribution is 2.28.